The van der Waals surface area contributed by atoms with Crippen LogP contribution in [-0.4, -0.2) is 42.2 Å². The molecule has 1 fully saturated rings. The molecule has 0 aliphatic heterocycles. The van der Waals surface area contributed by atoms with E-state index in [1.807, 2.05) is 18.2 Å². The van der Waals surface area contributed by atoms with Gasteiger partial charge in [-0.3, -0.25) is 14.2 Å². The smallest absolute Gasteiger partial charge is 0.261 e. The Kier molecular flexibility index (Phi) is 4.66. The number of nitrogens with zero attached hydrogens (tertiary/aromatic N) is 6. The van der Waals surface area contributed by atoms with Crippen molar-refractivity contribution >= 4 is 16.8 Å². The molecule has 0 radical (unpaired) electrons. The fourth-order valence-corrected chi connectivity index (χ4v) is 3.77. The van der Waals surface area contributed by atoms with Gasteiger partial charge in [0.25, 0.3) is 5.56 Å². The number of carbonyl (C=O) groups excluding carboxylic acids is 1. The van der Waals surface area contributed by atoms with Crippen molar-refractivity contribution in [2.24, 2.45) is 0 Å². The standard InChI is InChI=1S/C18H21N7O2/c26-16-14-6-2-3-7-15(14)20-12-24(16)11-10-19-17(27)18(8-4-1-5-9-18)25-13-21-22-23-25/h2-3,6-7,12-13H,1,4-5,8-11H2,(H,19,27). The topological polar surface area (TPSA) is 108 Å². The molecule has 0 unspecified atom stereocenters. The van der Waals surface area contributed by atoms with E-state index in [2.05, 4.69) is 25.8 Å². The molecule has 3 aromatic rings. The highest BCUT2D eigenvalue weighted by molar-refractivity contribution is 5.84. The molecule has 0 atom stereocenters. The summed E-state index contributed by atoms with van der Waals surface area (Å²) >= 11 is 0. The average Bonchev–Trinajstić information content (AvgIpc) is 3.26. The zero-order valence-electron chi connectivity index (χ0n) is 14.9. The van der Waals surface area contributed by atoms with E-state index >= 15 is 0 Å². The minimum Gasteiger partial charge on any atom is -0.352 e. The summed E-state index contributed by atoms with van der Waals surface area (Å²) in [5, 5.41) is 14.9. The SMILES string of the molecule is O=C(NCCn1cnc2ccccc2c1=O)C1(n2cnnn2)CCCCC1. The van der Waals surface area contributed by atoms with Gasteiger partial charge in [-0.25, -0.2) is 9.67 Å². The molecule has 1 aromatic carbocycles. The second-order valence-corrected chi connectivity index (χ2v) is 6.86. The quantitative estimate of drug-likeness (QED) is 0.717. The van der Waals surface area contributed by atoms with Crippen molar-refractivity contribution in [2.75, 3.05) is 6.54 Å². The van der Waals surface area contributed by atoms with Crippen LogP contribution in [-0.2, 0) is 16.9 Å². The van der Waals surface area contributed by atoms with E-state index < -0.39 is 5.54 Å². The first-order chi connectivity index (χ1) is 13.2. The molecular formula is C18H21N7O2. The summed E-state index contributed by atoms with van der Waals surface area (Å²) in [6, 6.07) is 7.23. The Morgan fingerprint density at radius 1 is 1.15 bits per heavy atom. The number of benzene rings is 1. The predicted molar refractivity (Wildman–Crippen MR) is 97.9 cm³/mol. The highest BCUT2D eigenvalue weighted by Gasteiger charge is 2.42. The van der Waals surface area contributed by atoms with Gasteiger partial charge >= 0.3 is 0 Å². The highest BCUT2D eigenvalue weighted by atomic mass is 16.2. The largest absolute Gasteiger partial charge is 0.352 e. The summed E-state index contributed by atoms with van der Waals surface area (Å²) in [5.41, 5.74) is -0.181. The third-order valence-electron chi connectivity index (χ3n) is 5.26. The molecule has 2 heterocycles. The summed E-state index contributed by atoms with van der Waals surface area (Å²) in [5.74, 6) is -0.101. The Hall–Kier alpha value is -3.10. The van der Waals surface area contributed by atoms with E-state index in [9.17, 15) is 9.59 Å². The van der Waals surface area contributed by atoms with Crippen LogP contribution in [0.15, 0.2) is 41.7 Å². The van der Waals surface area contributed by atoms with Crippen LogP contribution in [0.1, 0.15) is 32.1 Å². The van der Waals surface area contributed by atoms with Gasteiger partial charge in [-0.1, -0.05) is 31.4 Å². The molecule has 2 aromatic heterocycles. The number of nitrogens with one attached hydrogen (secondary N) is 1. The number of aromatic nitrogens is 6. The predicted octanol–water partition coefficient (Wildman–Crippen LogP) is 0.859. The van der Waals surface area contributed by atoms with Gasteiger partial charge in [0, 0.05) is 13.1 Å². The zero-order valence-corrected chi connectivity index (χ0v) is 14.9. The minimum absolute atomic E-state index is 0.101. The summed E-state index contributed by atoms with van der Waals surface area (Å²) in [6.45, 7) is 0.691. The molecule has 1 amide bonds. The Morgan fingerprint density at radius 2 is 1.96 bits per heavy atom. The summed E-state index contributed by atoms with van der Waals surface area (Å²) < 4.78 is 3.10. The molecule has 27 heavy (non-hydrogen) atoms. The second-order valence-electron chi connectivity index (χ2n) is 6.86. The van der Waals surface area contributed by atoms with Crippen molar-refractivity contribution in [3.8, 4) is 0 Å². The number of rotatable bonds is 5. The lowest BCUT2D eigenvalue weighted by atomic mass is 9.81. The van der Waals surface area contributed by atoms with Gasteiger partial charge in [0.05, 0.1) is 17.2 Å². The molecule has 0 spiro atoms. The Morgan fingerprint density at radius 3 is 2.74 bits per heavy atom. The maximum Gasteiger partial charge on any atom is 0.261 e. The molecule has 1 saturated carbocycles. The molecule has 1 aliphatic rings. The lowest BCUT2D eigenvalue weighted by Gasteiger charge is -2.35. The number of para-hydroxylation sites is 1. The van der Waals surface area contributed by atoms with Crippen molar-refractivity contribution in [1.29, 1.82) is 0 Å². The first-order valence-electron chi connectivity index (χ1n) is 9.17. The van der Waals surface area contributed by atoms with Crippen molar-refractivity contribution in [2.45, 2.75) is 44.2 Å². The highest BCUT2D eigenvalue weighted by Crippen LogP contribution is 2.34. The Balaban J connectivity index is 1.47. The molecule has 0 bridgehead atoms. The maximum absolute atomic E-state index is 13.0. The molecule has 1 aliphatic carbocycles. The third kappa shape index (κ3) is 3.20. The number of carbonyl (C=O) groups is 1. The van der Waals surface area contributed by atoms with Crippen LogP contribution in [0, 0.1) is 0 Å². The van der Waals surface area contributed by atoms with Crippen molar-refractivity contribution in [3.05, 3.63) is 47.3 Å². The second kappa shape index (κ2) is 7.26. The van der Waals surface area contributed by atoms with E-state index in [4.69, 9.17) is 0 Å². The first kappa shape index (κ1) is 17.3. The van der Waals surface area contributed by atoms with Gasteiger partial charge in [-0.15, -0.1) is 5.10 Å². The number of fused-ring (bicyclic) bond motifs is 1. The fourth-order valence-electron chi connectivity index (χ4n) is 3.77. The average molecular weight is 367 g/mol. The van der Waals surface area contributed by atoms with E-state index in [-0.39, 0.29) is 11.5 Å². The van der Waals surface area contributed by atoms with Crippen LogP contribution in [0.2, 0.25) is 0 Å². The van der Waals surface area contributed by atoms with Gasteiger partial charge < -0.3 is 5.32 Å². The fraction of sp³-hybridized carbons (Fsp3) is 0.444. The Bertz CT molecular complexity index is 990. The number of hydrogen-bond donors (Lipinski definition) is 1. The lowest BCUT2D eigenvalue weighted by Crippen LogP contribution is -2.51. The van der Waals surface area contributed by atoms with Crippen LogP contribution >= 0.6 is 0 Å². The zero-order chi connectivity index (χ0) is 18.7. The number of amides is 1. The van der Waals surface area contributed by atoms with Gasteiger partial charge in [-0.05, 0) is 35.4 Å². The van der Waals surface area contributed by atoms with E-state index in [1.165, 1.54) is 17.2 Å². The van der Waals surface area contributed by atoms with E-state index in [0.717, 1.165) is 19.3 Å². The normalized spacial score (nSPS) is 16.3. The molecular weight excluding hydrogens is 346 g/mol. The molecule has 1 N–H and O–H groups in total. The summed E-state index contributed by atoms with van der Waals surface area (Å²) in [4.78, 5) is 29.8. The molecule has 140 valence electrons. The van der Waals surface area contributed by atoms with Gasteiger partial charge in [-0.2, -0.15) is 0 Å². The lowest BCUT2D eigenvalue weighted by molar-refractivity contribution is -0.132. The van der Waals surface area contributed by atoms with Crippen molar-refractivity contribution < 1.29 is 4.79 Å². The van der Waals surface area contributed by atoms with Crippen LogP contribution in [0.25, 0.3) is 10.9 Å². The van der Waals surface area contributed by atoms with E-state index in [1.54, 1.807) is 10.7 Å². The maximum atomic E-state index is 13.0. The summed E-state index contributed by atoms with van der Waals surface area (Å²) in [6.07, 6.45) is 7.47. The van der Waals surface area contributed by atoms with Gasteiger partial charge in [0.1, 0.15) is 11.9 Å². The van der Waals surface area contributed by atoms with E-state index in [0.29, 0.717) is 36.8 Å². The number of tetrazole rings is 1. The molecule has 4 rings (SSSR count). The summed E-state index contributed by atoms with van der Waals surface area (Å²) in [7, 11) is 0. The van der Waals surface area contributed by atoms with Crippen LogP contribution in [0.5, 0.6) is 0 Å². The molecule has 9 heteroatoms. The van der Waals surface area contributed by atoms with Gasteiger partial charge in [0.15, 0.2) is 0 Å². The third-order valence-corrected chi connectivity index (χ3v) is 5.26. The molecule has 9 nitrogen and oxygen atoms in total. The molecule has 0 saturated heterocycles. The van der Waals surface area contributed by atoms with Crippen molar-refractivity contribution in [3.63, 3.8) is 0 Å². The first-order valence-corrected chi connectivity index (χ1v) is 9.17. The van der Waals surface area contributed by atoms with Crippen LogP contribution < -0.4 is 10.9 Å². The monoisotopic (exact) mass is 367 g/mol. The van der Waals surface area contributed by atoms with Gasteiger partial charge in [0.2, 0.25) is 5.91 Å². The Labute approximate surface area is 155 Å². The van der Waals surface area contributed by atoms with Crippen LogP contribution in [0.4, 0.5) is 0 Å². The number of hydrogen-bond acceptors (Lipinski definition) is 6. The van der Waals surface area contributed by atoms with Crippen molar-refractivity contribution in [1.82, 2.24) is 35.1 Å². The minimum atomic E-state index is -0.742. The van der Waals surface area contributed by atoms with Crippen LogP contribution in [0.3, 0.4) is 0 Å².